The van der Waals surface area contributed by atoms with Crippen molar-refractivity contribution in [3.63, 3.8) is 0 Å². The number of ether oxygens (including phenoxy) is 1. The lowest BCUT2D eigenvalue weighted by Crippen LogP contribution is -2.53. The molecule has 0 heterocycles. The van der Waals surface area contributed by atoms with Crippen LogP contribution in [-0.2, 0) is 14.3 Å². The molecule has 4 heteroatoms. The number of hydrogen-bond acceptors (Lipinski definition) is 4. The highest BCUT2D eigenvalue weighted by molar-refractivity contribution is 6.02. The van der Waals surface area contributed by atoms with E-state index >= 15 is 0 Å². The first-order chi connectivity index (χ1) is 14.1. The van der Waals surface area contributed by atoms with Gasteiger partial charge in [-0.2, -0.15) is 0 Å². The molecule has 0 radical (unpaired) electrons. The largest absolute Gasteiger partial charge is 0.462 e. The Bertz CT molecular complexity index is 795. The van der Waals surface area contributed by atoms with E-state index in [2.05, 4.69) is 27.7 Å². The van der Waals surface area contributed by atoms with E-state index in [0.29, 0.717) is 17.8 Å². The van der Waals surface area contributed by atoms with Gasteiger partial charge in [-0.1, -0.05) is 38.3 Å². The third-order valence-corrected chi connectivity index (χ3v) is 9.47. The molecule has 8 atom stereocenters. The van der Waals surface area contributed by atoms with Crippen molar-refractivity contribution in [3.8, 4) is 0 Å². The predicted molar refractivity (Wildman–Crippen MR) is 117 cm³/mol. The molecule has 4 aliphatic rings. The van der Waals surface area contributed by atoms with Crippen LogP contribution in [0.3, 0.4) is 0 Å². The van der Waals surface area contributed by atoms with E-state index in [0.717, 1.165) is 44.9 Å². The van der Waals surface area contributed by atoms with E-state index in [4.69, 9.17) is 4.74 Å². The molecule has 0 spiro atoms. The van der Waals surface area contributed by atoms with Gasteiger partial charge in [0, 0.05) is 18.3 Å². The van der Waals surface area contributed by atoms with Crippen LogP contribution < -0.4 is 0 Å². The average Bonchev–Trinajstić information content (AvgIpc) is 2.94. The van der Waals surface area contributed by atoms with Gasteiger partial charge in [0.1, 0.15) is 6.10 Å². The summed E-state index contributed by atoms with van der Waals surface area (Å²) in [6, 6.07) is 0. The number of esters is 1. The van der Waals surface area contributed by atoms with Gasteiger partial charge in [0.15, 0.2) is 5.78 Å². The number of fused-ring (bicyclic) bond motifs is 5. The van der Waals surface area contributed by atoms with Crippen molar-refractivity contribution >= 4 is 11.8 Å². The average molecular weight is 415 g/mol. The second-order valence-electron chi connectivity index (χ2n) is 10.8. The number of allylic oxidation sites excluding steroid dienone is 4. The smallest absolute Gasteiger partial charge is 0.302 e. The van der Waals surface area contributed by atoms with Gasteiger partial charge in [-0.3, -0.25) is 9.59 Å². The van der Waals surface area contributed by atoms with Crippen LogP contribution in [0.4, 0.5) is 0 Å². The van der Waals surface area contributed by atoms with E-state index in [1.807, 2.05) is 12.2 Å². The fourth-order valence-corrected chi connectivity index (χ4v) is 7.96. The highest BCUT2D eigenvalue weighted by Crippen LogP contribution is 2.67. The molecule has 4 nitrogen and oxygen atoms in total. The van der Waals surface area contributed by atoms with Crippen molar-refractivity contribution in [2.75, 3.05) is 0 Å². The van der Waals surface area contributed by atoms with E-state index in [9.17, 15) is 14.7 Å². The Morgan fingerprint density at radius 2 is 2.03 bits per heavy atom. The van der Waals surface area contributed by atoms with E-state index in [-0.39, 0.29) is 40.7 Å². The van der Waals surface area contributed by atoms with Crippen molar-refractivity contribution in [2.24, 2.45) is 34.5 Å². The van der Waals surface area contributed by atoms with Crippen LogP contribution in [0.1, 0.15) is 79.6 Å². The van der Waals surface area contributed by atoms with Gasteiger partial charge in [-0.05, 0) is 80.8 Å². The van der Waals surface area contributed by atoms with Crippen molar-refractivity contribution in [3.05, 3.63) is 23.3 Å². The monoisotopic (exact) mass is 414 g/mol. The molecule has 0 saturated heterocycles. The first-order valence-corrected chi connectivity index (χ1v) is 11.9. The zero-order valence-electron chi connectivity index (χ0n) is 19.2. The number of aliphatic hydroxyl groups is 1. The molecule has 3 fully saturated rings. The first-order valence-electron chi connectivity index (χ1n) is 11.9. The van der Waals surface area contributed by atoms with Crippen LogP contribution in [0.5, 0.6) is 0 Å². The summed E-state index contributed by atoms with van der Waals surface area (Å²) in [5.41, 5.74) is 2.33. The zero-order chi connectivity index (χ0) is 21.8. The molecule has 0 aromatic heterocycles. The topological polar surface area (TPSA) is 63.6 Å². The van der Waals surface area contributed by atoms with Crippen LogP contribution in [0, 0.1) is 34.5 Å². The standard InChI is InChI=1S/C26H38O4/c1-6-7-22(30-16(3)27)20-14-23(29)25(4)11-10-21-19(24(20)25)9-8-17-13-18(28)12-15(2)26(17,21)5/h12-13,19-24,29H,6-11,14H2,1-5H3/t19-,20+,21+,22+,23+,24-,25-,26+/m1/s1. The molecule has 0 aliphatic heterocycles. The Labute approximate surface area is 181 Å². The van der Waals surface area contributed by atoms with Gasteiger partial charge in [-0.15, -0.1) is 0 Å². The third-order valence-electron chi connectivity index (χ3n) is 9.47. The number of carbonyl (C=O) groups excluding carboxylic acids is 2. The van der Waals surface area contributed by atoms with Crippen molar-refractivity contribution in [1.29, 1.82) is 0 Å². The molecule has 4 aliphatic carbocycles. The maximum Gasteiger partial charge on any atom is 0.302 e. The molecular weight excluding hydrogens is 376 g/mol. The fourth-order valence-electron chi connectivity index (χ4n) is 7.96. The maximum absolute atomic E-state index is 12.2. The Morgan fingerprint density at radius 3 is 2.70 bits per heavy atom. The van der Waals surface area contributed by atoms with Crippen LogP contribution in [-0.4, -0.2) is 29.1 Å². The molecular formula is C26H38O4. The molecule has 166 valence electrons. The summed E-state index contributed by atoms with van der Waals surface area (Å²) in [7, 11) is 0. The summed E-state index contributed by atoms with van der Waals surface area (Å²) in [5, 5.41) is 11.2. The minimum Gasteiger partial charge on any atom is -0.462 e. The van der Waals surface area contributed by atoms with Gasteiger partial charge in [0.05, 0.1) is 6.10 Å². The maximum atomic E-state index is 12.2. The Hall–Kier alpha value is -1.42. The summed E-state index contributed by atoms with van der Waals surface area (Å²) in [6.45, 7) is 10.4. The SMILES string of the molecule is CCC[C@H](OC(C)=O)[C@@H]1C[C@H](O)[C@@]2(C)CC[C@H]3[C@@H](CCC4=CC(=O)C=C(C)[C@@]43C)[C@H]12. The van der Waals surface area contributed by atoms with Crippen LogP contribution in [0.25, 0.3) is 0 Å². The summed E-state index contributed by atoms with van der Waals surface area (Å²) >= 11 is 0. The van der Waals surface area contributed by atoms with Crippen molar-refractivity contribution in [1.82, 2.24) is 0 Å². The Balaban J connectivity index is 1.72. The van der Waals surface area contributed by atoms with Gasteiger partial charge in [0.25, 0.3) is 0 Å². The molecule has 0 bridgehead atoms. The zero-order valence-corrected chi connectivity index (χ0v) is 19.2. The highest BCUT2D eigenvalue weighted by Gasteiger charge is 2.63. The van der Waals surface area contributed by atoms with Gasteiger partial charge < -0.3 is 9.84 Å². The third kappa shape index (κ3) is 3.13. The van der Waals surface area contributed by atoms with E-state index < -0.39 is 0 Å². The summed E-state index contributed by atoms with van der Waals surface area (Å²) in [4.78, 5) is 24.1. The van der Waals surface area contributed by atoms with Gasteiger partial charge >= 0.3 is 5.97 Å². The molecule has 4 rings (SSSR count). The van der Waals surface area contributed by atoms with Crippen LogP contribution >= 0.6 is 0 Å². The normalized spacial score (nSPS) is 43.7. The summed E-state index contributed by atoms with van der Waals surface area (Å²) in [5.74, 6) is 1.45. The lowest BCUT2D eigenvalue weighted by Gasteiger charge is -2.58. The molecule has 0 amide bonds. The Kier molecular flexibility index (Phi) is 5.53. The van der Waals surface area contributed by atoms with Gasteiger partial charge in [-0.25, -0.2) is 0 Å². The van der Waals surface area contributed by atoms with Gasteiger partial charge in [0.2, 0.25) is 0 Å². The fraction of sp³-hybridized carbons (Fsp3) is 0.769. The second-order valence-corrected chi connectivity index (χ2v) is 10.8. The molecule has 0 aromatic carbocycles. The molecule has 0 aromatic rings. The van der Waals surface area contributed by atoms with Crippen molar-refractivity contribution < 1.29 is 19.4 Å². The summed E-state index contributed by atoms with van der Waals surface area (Å²) < 4.78 is 5.85. The first kappa shape index (κ1) is 21.8. The second kappa shape index (κ2) is 7.62. The molecule has 1 N–H and O–H groups in total. The van der Waals surface area contributed by atoms with E-state index in [1.165, 1.54) is 18.1 Å². The highest BCUT2D eigenvalue weighted by atomic mass is 16.5. The number of ketones is 1. The lowest BCUT2D eigenvalue weighted by atomic mass is 9.46. The van der Waals surface area contributed by atoms with Crippen LogP contribution in [0.15, 0.2) is 23.3 Å². The minimum atomic E-state index is -0.335. The molecule has 30 heavy (non-hydrogen) atoms. The quantitative estimate of drug-likeness (QED) is 0.657. The minimum absolute atomic E-state index is 0.0576. The van der Waals surface area contributed by atoms with E-state index in [1.54, 1.807) is 0 Å². The summed E-state index contributed by atoms with van der Waals surface area (Å²) in [6.07, 6.45) is 9.93. The van der Waals surface area contributed by atoms with Crippen molar-refractivity contribution in [2.45, 2.75) is 91.8 Å². The molecule has 0 unspecified atom stereocenters. The predicted octanol–water partition coefficient (Wildman–Crippen LogP) is 5.00. The number of rotatable bonds is 4. The number of carbonyl (C=O) groups is 2. The molecule has 3 saturated carbocycles. The van der Waals surface area contributed by atoms with Crippen LogP contribution in [0.2, 0.25) is 0 Å². The number of aliphatic hydroxyl groups excluding tert-OH is 1. The Morgan fingerprint density at radius 1 is 1.30 bits per heavy atom. The lowest BCUT2D eigenvalue weighted by molar-refractivity contribution is -0.153. The number of hydrogen-bond donors (Lipinski definition) is 1.